The fraction of sp³-hybridized carbons (Fsp3) is 0.478. The molecular weight excluding hydrogens is 485 g/mol. The van der Waals surface area contributed by atoms with Gasteiger partial charge in [-0.1, -0.05) is 30.3 Å². The van der Waals surface area contributed by atoms with Crippen molar-refractivity contribution < 1.29 is 42.1 Å². The number of hydrogen-bond acceptors (Lipinski definition) is 7. The van der Waals surface area contributed by atoms with Gasteiger partial charge >= 0.3 is 24.2 Å². The van der Waals surface area contributed by atoms with Crippen LogP contribution in [0.5, 0.6) is 0 Å². The van der Waals surface area contributed by atoms with Gasteiger partial charge in [0.05, 0.1) is 20.2 Å². The molecule has 1 fully saturated rings. The highest BCUT2D eigenvalue weighted by Crippen LogP contribution is 2.37. The summed E-state index contributed by atoms with van der Waals surface area (Å²) in [5, 5.41) is 13.4. The molecule has 0 radical (unpaired) electrons. The smallest absolute Gasteiger partial charge is 0.436 e. The summed E-state index contributed by atoms with van der Waals surface area (Å²) in [6.07, 6.45) is -5.84. The Balaban J connectivity index is 2.07. The van der Waals surface area contributed by atoms with E-state index in [9.17, 15) is 32.7 Å². The first-order valence-electron chi connectivity index (χ1n) is 11.0. The summed E-state index contributed by atoms with van der Waals surface area (Å²) in [5.74, 6) is -2.97. The summed E-state index contributed by atoms with van der Waals surface area (Å²) in [6.45, 7) is 4.25. The molecule has 1 aliphatic rings. The normalized spacial score (nSPS) is 16.6. The highest BCUT2D eigenvalue weighted by Gasteiger charge is 2.45. The molecule has 13 heteroatoms. The molecule has 0 spiro atoms. The molecule has 1 amide bonds. The lowest BCUT2D eigenvalue weighted by molar-refractivity contribution is -0.147. The third-order valence-electron chi connectivity index (χ3n) is 5.36. The summed E-state index contributed by atoms with van der Waals surface area (Å²) >= 11 is 0. The standard InChI is InChI=1S/C23H27F3N4O6/c1-22(2,3)36-21(34)29-11-10-28(13-15(29)20(33)35-4)18-16(19(31)32)17(23(24,25)26)27-30(18)12-14-8-6-5-7-9-14/h5-9,15H,10-13H2,1-4H3,(H,31,32). The van der Waals surface area contributed by atoms with Crippen LogP contribution in [0, 0.1) is 0 Å². The van der Waals surface area contributed by atoms with Crippen LogP contribution in [0.4, 0.5) is 23.8 Å². The van der Waals surface area contributed by atoms with Crippen LogP contribution in [0.3, 0.4) is 0 Å². The van der Waals surface area contributed by atoms with E-state index in [0.29, 0.717) is 5.56 Å². The summed E-state index contributed by atoms with van der Waals surface area (Å²) in [4.78, 5) is 39.8. The Labute approximate surface area is 205 Å². The Morgan fingerprint density at radius 3 is 2.28 bits per heavy atom. The SMILES string of the molecule is COC(=O)C1CN(c2c(C(=O)O)c(C(F)(F)F)nn2Cc2ccccc2)CCN1C(=O)OC(C)(C)C. The van der Waals surface area contributed by atoms with Gasteiger partial charge in [0.15, 0.2) is 11.7 Å². The first-order valence-corrected chi connectivity index (χ1v) is 11.0. The average molecular weight is 512 g/mol. The van der Waals surface area contributed by atoms with E-state index in [-0.39, 0.29) is 32.0 Å². The third kappa shape index (κ3) is 5.89. The first kappa shape index (κ1) is 26.8. The highest BCUT2D eigenvalue weighted by molar-refractivity contribution is 5.95. The molecule has 1 aliphatic heterocycles. The number of ether oxygens (including phenoxy) is 2. The summed E-state index contributed by atoms with van der Waals surface area (Å²) in [5.41, 5.74) is -2.86. The number of nitrogens with zero attached hydrogens (tertiary/aromatic N) is 4. The molecule has 2 heterocycles. The quantitative estimate of drug-likeness (QED) is 0.608. The van der Waals surface area contributed by atoms with Crippen molar-refractivity contribution >= 4 is 23.8 Å². The van der Waals surface area contributed by atoms with Crippen molar-refractivity contribution in [1.82, 2.24) is 14.7 Å². The second-order valence-corrected chi connectivity index (χ2v) is 9.15. The van der Waals surface area contributed by atoms with Gasteiger partial charge in [-0.2, -0.15) is 18.3 Å². The maximum atomic E-state index is 13.8. The van der Waals surface area contributed by atoms with Crippen LogP contribution in [-0.2, 0) is 27.0 Å². The van der Waals surface area contributed by atoms with Crippen LogP contribution in [0.25, 0.3) is 0 Å². The number of aromatic carboxylic acids is 1. The fourth-order valence-electron chi connectivity index (χ4n) is 3.89. The van der Waals surface area contributed by atoms with Crippen molar-refractivity contribution in [1.29, 1.82) is 0 Å². The van der Waals surface area contributed by atoms with Gasteiger partial charge in [-0.25, -0.2) is 19.1 Å². The molecule has 1 saturated heterocycles. The van der Waals surface area contributed by atoms with E-state index in [2.05, 4.69) is 5.10 Å². The molecule has 36 heavy (non-hydrogen) atoms. The second-order valence-electron chi connectivity index (χ2n) is 9.15. The first-order chi connectivity index (χ1) is 16.7. The average Bonchev–Trinajstić information content (AvgIpc) is 3.17. The summed E-state index contributed by atoms with van der Waals surface area (Å²) < 4.78 is 52.5. The maximum Gasteiger partial charge on any atom is 0.436 e. The van der Waals surface area contributed by atoms with Gasteiger partial charge < -0.3 is 19.5 Å². The van der Waals surface area contributed by atoms with Crippen molar-refractivity contribution in [3.05, 3.63) is 47.2 Å². The number of hydrogen-bond donors (Lipinski definition) is 1. The van der Waals surface area contributed by atoms with E-state index in [1.807, 2.05) is 0 Å². The third-order valence-corrected chi connectivity index (χ3v) is 5.36. The zero-order valence-electron chi connectivity index (χ0n) is 20.2. The Bertz CT molecular complexity index is 1130. The number of aromatic nitrogens is 2. The number of carbonyl (C=O) groups excluding carboxylic acids is 2. The highest BCUT2D eigenvalue weighted by atomic mass is 19.4. The maximum absolute atomic E-state index is 13.8. The number of esters is 1. The van der Waals surface area contributed by atoms with Gasteiger partial charge in [0, 0.05) is 13.1 Å². The Kier molecular flexibility index (Phi) is 7.51. The van der Waals surface area contributed by atoms with Gasteiger partial charge in [-0.05, 0) is 26.3 Å². The zero-order chi connectivity index (χ0) is 26.8. The monoisotopic (exact) mass is 512 g/mol. The summed E-state index contributed by atoms with van der Waals surface area (Å²) in [7, 11) is 1.11. The largest absolute Gasteiger partial charge is 0.477 e. The second kappa shape index (κ2) is 10.1. The molecule has 1 atom stereocenters. The van der Waals surface area contributed by atoms with Crippen molar-refractivity contribution in [3.8, 4) is 0 Å². The molecule has 1 aromatic heterocycles. The number of anilines is 1. The van der Waals surface area contributed by atoms with Crippen molar-refractivity contribution in [2.75, 3.05) is 31.6 Å². The van der Waals surface area contributed by atoms with Crippen molar-refractivity contribution in [2.24, 2.45) is 0 Å². The Morgan fingerprint density at radius 1 is 1.11 bits per heavy atom. The van der Waals surface area contributed by atoms with Gasteiger partial charge in [0.1, 0.15) is 17.0 Å². The summed E-state index contributed by atoms with van der Waals surface area (Å²) in [6, 6.07) is 7.18. The van der Waals surface area contributed by atoms with Crippen LogP contribution in [0.2, 0.25) is 0 Å². The molecule has 3 rings (SSSR count). The number of rotatable bonds is 5. The van der Waals surface area contributed by atoms with Gasteiger partial charge in [0.25, 0.3) is 0 Å². The van der Waals surface area contributed by atoms with Crippen LogP contribution >= 0.6 is 0 Å². The minimum atomic E-state index is -5.04. The molecule has 0 bridgehead atoms. The molecule has 1 N–H and O–H groups in total. The molecule has 196 valence electrons. The van der Waals surface area contributed by atoms with Crippen molar-refractivity contribution in [3.63, 3.8) is 0 Å². The minimum absolute atomic E-state index is 0.0786. The number of halogens is 3. The lowest BCUT2D eigenvalue weighted by Gasteiger charge is -2.41. The molecule has 0 aliphatic carbocycles. The number of amides is 1. The van der Waals surface area contributed by atoms with E-state index in [0.717, 1.165) is 16.7 Å². The topological polar surface area (TPSA) is 114 Å². The number of methoxy groups -OCH3 is 1. The predicted octanol–water partition coefficient (Wildman–Crippen LogP) is 3.25. The van der Waals surface area contributed by atoms with E-state index < -0.39 is 47.1 Å². The van der Waals surface area contributed by atoms with Gasteiger partial charge in [-0.15, -0.1) is 0 Å². The fourth-order valence-corrected chi connectivity index (χ4v) is 3.89. The molecule has 2 aromatic rings. The number of benzene rings is 1. The Morgan fingerprint density at radius 2 is 1.75 bits per heavy atom. The van der Waals surface area contributed by atoms with Crippen LogP contribution in [-0.4, -0.2) is 76.2 Å². The van der Waals surface area contributed by atoms with Crippen LogP contribution in [0.1, 0.15) is 42.4 Å². The number of piperazine rings is 1. The molecule has 1 unspecified atom stereocenters. The van der Waals surface area contributed by atoms with Crippen LogP contribution in [0.15, 0.2) is 30.3 Å². The molecule has 1 aromatic carbocycles. The van der Waals surface area contributed by atoms with Crippen molar-refractivity contribution in [2.45, 2.75) is 45.1 Å². The Hall–Kier alpha value is -3.77. The van der Waals surface area contributed by atoms with E-state index in [4.69, 9.17) is 9.47 Å². The minimum Gasteiger partial charge on any atom is -0.477 e. The molecule has 0 saturated carbocycles. The van der Waals surface area contributed by atoms with Gasteiger partial charge in [-0.3, -0.25) is 4.90 Å². The number of carboxylic acids is 1. The van der Waals surface area contributed by atoms with E-state index in [1.54, 1.807) is 51.1 Å². The molecular formula is C23H27F3N4O6. The van der Waals surface area contributed by atoms with E-state index >= 15 is 0 Å². The molecule has 10 nitrogen and oxygen atoms in total. The lowest BCUT2D eigenvalue weighted by Crippen LogP contribution is -2.59. The zero-order valence-corrected chi connectivity index (χ0v) is 20.2. The van der Waals surface area contributed by atoms with Gasteiger partial charge in [0.2, 0.25) is 0 Å². The van der Waals surface area contributed by atoms with Crippen LogP contribution < -0.4 is 4.90 Å². The number of carbonyl (C=O) groups is 3. The number of alkyl halides is 3. The lowest BCUT2D eigenvalue weighted by atomic mass is 10.1. The number of carboxylic acid groups (broad SMARTS) is 1. The van der Waals surface area contributed by atoms with E-state index in [1.165, 1.54) is 4.90 Å². The predicted molar refractivity (Wildman–Crippen MR) is 121 cm³/mol.